The van der Waals surface area contributed by atoms with Crippen LogP contribution >= 0.6 is 11.8 Å². The summed E-state index contributed by atoms with van der Waals surface area (Å²) in [6.45, 7) is 16.0. The lowest BCUT2D eigenvalue weighted by Gasteiger charge is -2.43. The number of hydrogen-bond donors (Lipinski definition) is 1. The number of thioether (sulfide) groups is 1. The number of benzene rings is 2. The van der Waals surface area contributed by atoms with E-state index in [-0.39, 0.29) is 11.4 Å². The molecule has 0 aromatic heterocycles. The van der Waals surface area contributed by atoms with Gasteiger partial charge in [0.15, 0.2) is 5.17 Å². The molecule has 0 radical (unpaired) electrons. The number of amides is 1. The van der Waals surface area contributed by atoms with Crippen LogP contribution in [0, 0.1) is 20.8 Å². The van der Waals surface area contributed by atoms with Crippen LogP contribution in [0.3, 0.4) is 0 Å². The highest BCUT2D eigenvalue weighted by Crippen LogP contribution is 2.41. The number of likely N-dealkylation sites (N-methyl/N-ethyl adjacent to an activating group) is 1. The number of carbonyl (C=O) groups is 1. The van der Waals surface area contributed by atoms with Crippen molar-refractivity contribution in [3.05, 3.63) is 69.1 Å². The lowest BCUT2D eigenvalue weighted by Crippen LogP contribution is -2.44. The molecule has 0 bridgehead atoms. The van der Waals surface area contributed by atoms with Gasteiger partial charge in [0, 0.05) is 17.8 Å². The molecule has 0 saturated carbocycles. The van der Waals surface area contributed by atoms with E-state index in [1.54, 1.807) is 0 Å². The zero-order valence-electron chi connectivity index (χ0n) is 20.0. The van der Waals surface area contributed by atoms with Crippen molar-refractivity contribution in [2.45, 2.75) is 54.0 Å². The summed E-state index contributed by atoms with van der Waals surface area (Å²) in [5.41, 5.74) is 9.16. The highest BCUT2D eigenvalue weighted by molar-refractivity contribution is 8.18. The highest BCUT2D eigenvalue weighted by atomic mass is 32.2. The monoisotopic (exact) mass is 445 g/mol. The highest BCUT2D eigenvalue weighted by Gasteiger charge is 2.31. The Balaban J connectivity index is 1.68. The van der Waals surface area contributed by atoms with E-state index in [0.29, 0.717) is 10.1 Å². The predicted octanol–water partition coefficient (Wildman–Crippen LogP) is 6.53. The number of aliphatic imine (C=N–C) groups is 1. The second kappa shape index (κ2) is 8.28. The van der Waals surface area contributed by atoms with E-state index in [2.05, 4.69) is 81.0 Å². The maximum Gasteiger partial charge on any atom is 0.264 e. The van der Waals surface area contributed by atoms with Crippen LogP contribution in [0.25, 0.3) is 11.6 Å². The van der Waals surface area contributed by atoms with Gasteiger partial charge in [-0.05, 0) is 107 Å². The number of rotatable bonds is 3. The number of fused-ring (bicyclic) bond motifs is 1. The lowest BCUT2D eigenvalue weighted by atomic mass is 9.87. The third kappa shape index (κ3) is 4.14. The first kappa shape index (κ1) is 22.4. The van der Waals surface area contributed by atoms with Gasteiger partial charge in [-0.2, -0.15) is 0 Å². The number of allylic oxidation sites excluding steroid dienone is 1. The molecule has 0 aliphatic carbocycles. The number of anilines is 1. The summed E-state index contributed by atoms with van der Waals surface area (Å²) in [6.07, 6.45) is 4.32. The van der Waals surface area contributed by atoms with Gasteiger partial charge in [0.25, 0.3) is 5.91 Å². The number of amidine groups is 1. The van der Waals surface area contributed by atoms with Crippen molar-refractivity contribution in [3.63, 3.8) is 0 Å². The Bertz CT molecular complexity index is 1200. The van der Waals surface area contributed by atoms with E-state index in [0.717, 1.165) is 28.9 Å². The van der Waals surface area contributed by atoms with Crippen molar-refractivity contribution < 1.29 is 4.79 Å². The minimum atomic E-state index is -0.0979. The Hall–Kier alpha value is -2.79. The molecule has 2 aromatic rings. The summed E-state index contributed by atoms with van der Waals surface area (Å²) in [5, 5.41) is 3.54. The van der Waals surface area contributed by atoms with Gasteiger partial charge in [-0.1, -0.05) is 23.8 Å². The van der Waals surface area contributed by atoms with E-state index < -0.39 is 0 Å². The molecule has 0 unspecified atom stereocenters. The number of hydrogen-bond acceptors (Lipinski definition) is 4. The molecule has 2 aromatic carbocycles. The maximum atomic E-state index is 12.7. The predicted molar refractivity (Wildman–Crippen MR) is 139 cm³/mol. The van der Waals surface area contributed by atoms with Gasteiger partial charge >= 0.3 is 0 Å². The van der Waals surface area contributed by atoms with Crippen LogP contribution in [0.5, 0.6) is 0 Å². The fraction of sp³-hybridized carbons (Fsp3) is 0.333. The maximum absolute atomic E-state index is 12.7. The molecular formula is C27H31N3OS. The molecule has 2 aliphatic heterocycles. The quantitative estimate of drug-likeness (QED) is 0.547. The molecule has 1 saturated heterocycles. The topological polar surface area (TPSA) is 44.7 Å². The fourth-order valence-electron chi connectivity index (χ4n) is 4.64. The molecule has 2 heterocycles. The zero-order chi connectivity index (χ0) is 23.2. The Morgan fingerprint density at radius 1 is 1.09 bits per heavy atom. The second-order valence-electron chi connectivity index (χ2n) is 9.22. The van der Waals surface area contributed by atoms with Crippen molar-refractivity contribution in [3.8, 4) is 0 Å². The lowest BCUT2D eigenvalue weighted by molar-refractivity contribution is -0.115. The molecule has 4 rings (SSSR count). The third-order valence-corrected chi connectivity index (χ3v) is 7.10. The summed E-state index contributed by atoms with van der Waals surface area (Å²) < 4.78 is 0. The van der Waals surface area contributed by atoms with E-state index in [4.69, 9.17) is 0 Å². The number of nitrogens with one attached hydrogen (secondary N) is 1. The van der Waals surface area contributed by atoms with Crippen LogP contribution in [0.1, 0.15) is 55.5 Å². The van der Waals surface area contributed by atoms with E-state index in [9.17, 15) is 4.79 Å². The average molecular weight is 446 g/mol. The van der Waals surface area contributed by atoms with Gasteiger partial charge in [-0.3, -0.25) is 4.79 Å². The normalized spacial score (nSPS) is 19.9. The van der Waals surface area contributed by atoms with E-state index >= 15 is 0 Å². The SMILES string of the molecule is CCN1c2cc(C)c(/C=C3\SC(=Nc4ccc(C)cc4C)NC3=O)cc2C(C)=CC1(C)C. The zero-order valence-corrected chi connectivity index (χ0v) is 20.8. The van der Waals surface area contributed by atoms with E-state index in [1.807, 2.05) is 25.1 Å². The number of carbonyl (C=O) groups excluding carboxylic acids is 1. The summed E-state index contributed by atoms with van der Waals surface area (Å²) in [4.78, 5) is 20.4. The molecule has 2 aliphatic rings. The standard InChI is InChI=1S/C27H31N3OS/c1-8-30-23-12-17(3)20(13-21(23)19(5)15-27(30,6)7)14-24-25(31)29-26(32-24)28-22-10-9-16(2)11-18(22)4/h9-15H,8H2,1-7H3,(H,28,29,31)/b24-14-. The molecule has 4 nitrogen and oxygen atoms in total. The first-order chi connectivity index (χ1) is 15.1. The van der Waals surface area contributed by atoms with Crippen molar-refractivity contribution in [2.24, 2.45) is 4.99 Å². The molecule has 32 heavy (non-hydrogen) atoms. The third-order valence-electron chi connectivity index (χ3n) is 6.19. The Kier molecular flexibility index (Phi) is 5.80. The second-order valence-corrected chi connectivity index (χ2v) is 10.3. The number of aryl methyl sites for hydroxylation is 3. The van der Waals surface area contributed by atoms with Crippen LogP contribution in [0.15, 0.2) is 46.3 Å². The van der Waals surface area contributed by atoms with Crippen LogP contribution < -0.4 is 10.2 Å². The Morgan fingerprint density at radius 3 is 2.53 bits per heavy atom. The molecule has 0 spiro atoms. The van der Waals surface area contributed by atoms with Gasteiger partial charge in [-0.25, -0.2) is 4.99 Å². The van der Waals surface area contributed by atoms with Crippen LogP contribution in [-0.4, -0.2) is 23.2 Å². The van der Waals surface area contributed by atoms with Crippen molar-refractivity contribution in [1.82, 2.24) is 5.32 Å². The van der Waals surface area contributed by atoms with Gasteiger partial charge in [-0.15, -0.1) is 0 Å². The molecule has 1 amide bonds. The largest absolute Gasteiger partial charge is 0.363 e. The minimum Gasteiger partial charge on any atom is -0.363 e. The summed E-state index contributed by atoms with van der Waals surface area (Å²) in [7, 11) is 0. The van der Waals surface area contributed by atoms with E-state index in [1.165, 1.54) is 34.1 Å². The van der Waals surface area contributed by atoms with Gasteiger partial charge in [0.05, 0.1) is 16.1 Å². The van der Waals surface area contributed by atoms with Crippen LogP contribution in [0.2, 0.25) is 0 Å². The fourth-order valence-corrected chi connectivity index (χ4v) is 5.47. The van der Waals surface area contributed by atoms with Crippen LogP contribution in [-0.2, 0) is 4.79 Å². The Labute approximate surface area is 195 Å². The van der Waals surface area contributed by atoms with Gasteiger partial charge < -0.3 is 10.2 Å². The summed E-state index contributed by atoms with van der Waals surface area (Å²) >= 11 is 1.40. The smallest absolute Gasteiger partial charge is 0.264 e. The molecule has 5 heteroatoms. The average Bonchev–Trinajstić information content (AvgIpc) is 3.04. The first-order valence-electron chi connectivity index (χ1n) is 11.1. The van der Waals surface area contributed by atoms with Crippen LogP contribution in [0.4, 0.5) is 11.4 Å². The van der Waals surface area contributed by atoms with Crippen molar-refractivity contribution >= 4 is 45.9 Å². The minimum absolute atomic E-state index is 0.0150. The van der Waals surface area contributed by atoms with Crippen molar-refractivity contribution in [2.75, 3.05) is 11.4 Å². The molecule has 166 valence electrons. The molecule has 0 atom stereocenters. The molecular weight excluding hydrogens is 414 g/mol. The van der Waals surface area contributed by atoms with Crippen molar-refractivity contribution in [1.29, 1.82) is 0 Å². The van der Waals surface area contributed by atoms with Gasteiger partial charge in [0.1, 0.15) is 0 Å². The molecule has 1 fully saturated rings. The summed E-state index contributed by atoms with van der Waals surface area (Å²) in [6, 6.07) is 10.6. The number of nitrogens with zero attached hydrogens (tertiary/aromatic N) is 2. The Morgan fingerprint density at radius 2 is 1.84 bits per heavy atom. The first-order valence-corrected chi connectivity index (χ1v) is 11.9. The van der Waals surface area contributed by atoms with Gasteiger partial charge in [0.2, 0.25) is 0 Å². The summed E-state index contributed by atoms with van der Waals surface area (Å²) in [5.74, 6) is -0.0979. The molecule has 1 N–H and O–H groups in total.